The van der Waals surface area contributed by atoms with Crippen LogP contribution in [0, 0.1) is 6.92 Å². The van der Waals surface area contributed by atoms with E-state index in [9.17, 15) is 0 Å². The van der Waals surface area contributed by atoms with Crippen molar-refractivity contribution in [3.8, 4) is 0 Å². The van der Waals surface area contributed by atoms with Crippen LogP contribution in [0.15, 0.2) is 11.4 Å². The predicted octanol–water partition coefficient (Wildman–Crippen LogP) is 4.06. The molecule has 0 bridgehead atoms. The largest absolute Gasteiger partial charge is 0.378 e. The highest BCUT2D eigenvalue weighted by molar-refractivity contribution is 7.10. The number of nitrogens with one attached hydrogen (secondary N) is 1. The molecule has 0 aliphatic heterocycles. The Morgan fingerprint density at radius 1 is 1.50 bits per heavy atom. The van der Waals surface area contributed by atoms with E-state index in [1.165, 1.54) is 36.1 Å². The lowest BCUT2D eigenvalue weighted by Gasteiger charge is -2.43. The quantitative estimate of drug-likeness (QED) is 0.804. The Hall–Kier alpha value is -0.380. The van der Waals surface area contributed by atoms with Crippen LogP contribution in [0.4, 0.5) is 0 Å². The monoisotopic (exact) mass is 267 g/mol. The van der Waals surface area contributed by atoms with Gasteiger partial charge in [0.15, 0.2) is 0 Å². The van der Waals surface area contributed by atoms with Gasteiger partial charge in [-0.25, -0.2) is 0 Å². The molecule has 0 radical (unpaired) electrons. The molecule has 1 aliphatic carbocycles. The van der Waals surface area contributed by atoms with Gasteiger partial charge < -0.3 is 10.1 Å². The molecule has 102 valence electrons. The third kappa shape index (κ3) is 3.14. The summed E-state index contributed by atoms with van der Waals surface area (Å²) in [6.07, 6.45) is 6.05. The lowest BCUT2D eigenvalue weighted by molar-refractivity contribution is -0.0837. The second-order valence-electron chi connectivity index (χ2n) is 5.44. The summed E-state index contributed by atoms with van der Waals surface area (Å²) in [5, 5.41) is 5.98. The number of hydrogen-bond acceptors (Lipinski definition) is 3. The number of ether oxygens (including phenoxy) is 1. The zero-order valence-electron chi connectivity index (χ0n) is 11.8. The standard InChI is InChI=1S/C15H25NOS/c1-4-8-16-14(13-9-12(2)18-11-13)10-15(17-3)6-5-7-15/h9,11,14,16H,4-8,10H2,1-3H3. The molecule has 0 aromatic carbocycles. The molecule has 1 atom stereocenters. The fourth-order valence-electron chi connectivity index (χ4n) is 2.71. The van der Waals surface area contributed by atoms with E-state index in [1.807, 2.05) is 18.4 Å². The summed E-state index contributed by atoms with van der Waals surface area (Å²) in [6.45, 7) is 5.48. The molecule has 1 fully saturated rings. The summed E-state index contributed by atoms with van der Waals surface area (Å²) in [5.41, 5.74) is 1.58. The highest BCUT2D eigenvalue weighted by atomic mass is 32.1. The second kappa shape index (κ2) is 6.18. The Morgan fingerprint density at radius 3 is 2.72 bits per heavy atom. The average molecular weight is 267 g/mol. The van der Waals surface area contributed by atoms with Gasteiger partial charge >= 0.3 is 0 Å². The van der Waals surface area contributed by atoms with Crippen LogP contribution < -0.4 is 5.32 Å². The molecular weight excluding hydrogens is 242 g/mol. The van der Waals surface area contributed by atoms with Gasteiger partial charge in [0.1, 0.15) is 0 Å². The average Bonchev–Trinajstić information content (AvgIpc) is 2.74. The summed E-state index contributed by atoms with van der Waals surface area (Å²) in [6, 6.07) is 2.77. The first-order chi connectivity index (χ1) is 8.69. The first kappa shape index (κ1) is 14.0. The summed E-state index contributed by atoms with van der Waals surface area (Å²) < 4.78 is 5.78. The first-order valence-electron chi connectivity index (χ1n) is 7.03. The van der Waals surface area contributed by atoms with E-state index in [4.69, 9.17) is 4.74 Å². The zero-order chi connectivity index (χ0) is 13.0. The Labute approximate surface area is 115 Å². The molecule has 1 saturated carbocycles. The van der Waals surface area contributed by atoms with Crippen molar-refractivity contribution >= 4 is 11.3 Å². The van der Waals surface area contributed by atoms with Crippen molar-refractivity contribution in [2.75, 3.05) is 13.7 Å². The summed E-state index contributed by atoms with van der Waals surface area (Å²) in [4.78, 5) is 1.40. The fourth-order valence-corrected chi connectivity index (χ4v) is 3.47. The molecule has 1 N–H and O–H groups in total. The van der Waals surface area contributed by atoms with Crippen molar-refractivity contribution in [1.29, 1.82) is 0 Å². The zero-order valence-corrected chi connectivity index (χ0v) is 12.6. The third-order valence-corrected chi connectivity index (χ3v) is 4.95. The van der Waals surface area contributed by atoms with Gasteiger partial charge in [0, 0.05) is 18.0 Å². The molecule has 1 heterocycles. The molecule has 3 heteroatoms. The molecule has 1 aromatic heterocycles. The molecular formula is C15H25NOS. The number of hydrogen-bond donors (Lipinski definition) is 1. The highest BCUT2D eigenvalue weighted by Gasteiger charge is 2.39. The molecule has 1 aliphatic rings. The van der Waals surface area contributed by atoms with E-state index in [2.05, 4.69) is 30.6 Å². The minimum Gasteiger partial charge on any atom is -0.378 e. The van der Waals surface area contributed by atoms with Crippen LogP contribution in [0.3, 0.4) is 0 Å². The molecule has 1 aromatic rings. The third-order valence-electron chi connectivity index (χ3n) is 4.07. The lowest BCUT2D eigenvalue weighted by Crippen LogP contribution is -2.42. The number of aryl methyl sites for hydroxylation is 1. The van der Waals surface area contributed by atoms with E-state index < -0.39 is 0 Å². The van der Waals surface area contributed by atoms with Crippen molar-refractivity contribution in [3.63, 3.8) is 0 Å². The smallest absolute Gasteiger partial charge is 0.0697 e. The first-order valence-corrected chi connectivity index (χ1v) is 7.90. The minimum absolute atomic E-state index is 0.140. The lowest BCUT2D eigenvalue weighted by atomic mass is 9.75. The van der Waals surface area contributed by atoms with Crippen molar-refractivity contribution in [1.82, 2.24) is 5.32 Å². The van der Waals surface area contributed by atoms with Gasteiger partial charge in [0.05, 0.1) is 5.60 Å². The maximum absolute atomic E-state index is 5.78. The molecule has 1 unspecified atom stereocenters. The maximum atomic E-state index is 5.78. The summed E-state index contributed by atoms with van der Waals surface area (Å²) >= 11 is 1.84. The van der Waals surface area contributed by atoms with Gasteiger partial charge in [0.2, 0.25) is 0 Å². The van der Waals surface area contributed by atoms with Gasteiger partial charge in [-0.1, -0.05) is 6.92 Å². The molecule has 18 heavy (non-hydrogen) atoms. The van der Waals surface area contributed by atoms with Gasteiger partial charge in [-0.3, -0.25) is 0 Å². The Morgan fingerprint density at radius 2 is 2.28 bits per heavy atom. The van der Waals surface area contributed by atoms with E-state index in [-0.39, 0.29) is 5.60 Å². The normalized spacial score (nSPS) is 19.5. The SMILES string of the molecule is CCCNC(CC1(OC)CCC1)c1csc(C)c1. The van der Waals surface area contributed by atoms with E-state index in [0.717, 1.165) is 13.0 Å². The molecule has 0 spiro atoms. The molecule has 2 nitrogen and oxygen atoms in total. The van der Waals surface area contributed by atoms with Crippen LogP contribution in [-0.2, 0) is 4.74 Å². The Kier molecular flexibility index (Phi) is 4.82. The van der Waals surface area contributed by atoms with Crippen LogP contribution in [0.2, 0.25) is 0 Å². The van der Waals surface area contributed by atoms with Gasteiger partial charge in [-0.2, -0.15) is 0 Å². The number of thiophene rings is 1. The van der Waals surface area contributed by atoms with E-state index >= 15 is 0 Å². The fraction of sp³-hybridized carbons (Fsp3) is 0.733. The van der Waals surface area contributed by atoms with Crippen LogP contribution >= 0.6 is 11.3 Å². The van der Waals surface area contributed by atoms with E-state index in [1.54, 1.807) is 0 Å². The predicted molar refractivity (Wildman–Crippen MR) is 78.3 cm³/mol. The summed E-state index contributed by atoms with van der Waals surface area (Å²) in [5.74, 6) is 0. The Bertz CT molecular complexity index is 365. The van der Waals surface area contributed by atoms with Gasteiger partial charge in [-0.05, 0) is 62.6 Å². The minimum atomic E-state index is 0.140. The molecule has 0 saturated heterocycles. The van der Waals surface area contributed by atoms with E-state index in [0.29, 0.717) is 6.04 Å². The van der Waals surface area contributed by atoms with Crippen LogP contribution in [0.1, 0.15) is 55.5 Å². The van der Waals surface area contributed by atoms with Crippen LogP contribution in [0.5, 0.6) is 0 Å². The summed E-state index contributed by atoms with van der Waals surface area (Å²) in [7, 11) is 1.87. The van der Waals surface area contributed by atoms with Crippen molar-refractivity contribution in [3.05, 3.63) is 21.9 Å². The molecule has 0 amide bonds. The van der Waals surface area contributed by atoms with Crippen molar-refractivity contribution < 1.29 is 4.74 Å². The maximum Gasteiger partial charge on any atom is 0.0697 e. The Balaban J connectivity index is 2.05. The molecule has 2 rings (SSSR count). The van der Waals surface area contributed by atoms with Gasteiger partial charge in [-0.15, -0.1) is 11.3 Å². The highest BCUT2D eigenvalue weighted by Crippen LogP contribution is 2.42. The topological polar surface area (TPSA) is 21.3 Å². The van der Waals surface area contributed by atoms with Crippen LogP contribution in [-0.4, -0.2) is 19.3 Å². The van der Waals surface area contributed by atoms with Crippen molar-refractivity contribution in [2.24, 2.45) is 0 Å². The number of rotatable bonds is 7. The van der Waals surface area contributed by atoms with Gasteiger partial charge in [0.25, 0.3) is 0 Å². The van der Waals surface area contributed by atoms with Crippen molar-refractivity contribution in [2.45, 2.75) is 57.6 Å². The number of methoxy groups -OCH3 is 1. The van der Waals surface area contributed by atoms with Crippen LogP contribution in [0.25, 0.3) is 0 Å². The second-order valence-corrected chi connectivity index (χ2v) is 6.56.